The molecule has 4 nitrogen and oxygen atoms in total. The molecule has 0 fully saturated rings. The van der Waals surface area contributed by atoms with Crippen LogP contribution in [-0.2, 0) is 0 Å². The molecular formula is C51H35N3O. The first-order chi connectivity index (χ1) is 27.2. The van der Waals surface area contributed by atoms with E-state index < -0.39 is 0 Å². The second kappa shape index (κ2) is 12.8. The number of benzene rings is 9. The van der Waals surface area contributed by atoms with E-state index >= 15 is 0 Å². The first-order valence-corrected chi connectivity index (χ1v) is 18.8. The SMILES string of the molecule is c1ccc(C2N=C(c3ccc(-c4ccc5ccccc5c4)cc3)NC(c3ccc(-c4ccc5ccccc5c4)c4oc5ccc6ccccc6c5c34)N2)cc1. The van der Waals surface area contributed by atoms with Crippen LogP contribution < -0.4 is 10.6 Å². The van der Waals surface area contributed by atoms with Gasteiger partial charge in [0.05, 0.1) is 0 Å². The molecule has 2 atom stereocenters. The minimum atomic E-state index is -0.272. The average Bonchev–Trinajstić information content (AvgIpc) is 3.66. The van der Waals surface area contributed by atoms with Gasteiger partial charge in [-0.05, 0) is 72.8 Å². The Kier molecular flexibility index (Phi) is 7.35. The Morgan fingerprint density at radius 3 is 1.82 bits per heavy atom. The lowest BCUT2D eigenvalue weighted by atomic mass is 9.93. The monoisotopic (exact) mass is 705 g/mol. The normalized spacial score (nSPS) is 15.8. The molecule has 2 unspecified atom stereocenters. The molecule has 11 rings (SSSR count). The smallest absolute Gasteiger partial charge is 0.143 e. The second-order valence-corrected chi connectivity index (χ2v) is 14.4. The predicted octanol–water partition coefficient (Wildman–Crippen LogP) is 12.7. The van der Waals surface area contributed by atoms with Crippen LogP contribution in [-0.4, -0.2) is 5.84 Å². The highest BCUT2D eigenvalue weighted by Gasteiger charge is 2.29. The molecule has 1 aromatic heterocycles. The topological polar surface area (TPSA) is 49.6 Å². The number of rotatable bonds is 5. The number of fused-ring (bicyclic) bond motifs is 7. The molecular weight excluding hydrogens is 671 g/mol. The fourth-order valence-electron chi connectivity index (χ4n) is 8.35. The van der Waals surface area contributed by atoms with Gasteiger partial charge in [0, 0.05) is 27.5 Å². The number of nitrogens with zero attached hydrogens (tertiary/aromatic N) is 1. The Bertz CT molecular complexity index is 3110. The zero-order valence-corrected chi connectivity index (χ0v) is 29.9. The van der Waals surface area contributed by atoms with Crippen LogP contribution in [0.3, 0.4) is 0 Å². The molecule has 55 heavy (non-hydrogen) atoms. The van der Waals surface area contributed by atoms with Crippen LogP contribution in [0.2, 0.25) is 0 Å². The molecule has 260 valence electrons. The lowest BCUT2D eigenvalue weighted by molar-refractivity contribution is 0.411. The van der Waals surface area contributed by atoms with Gasteiger partial charge in [-0.2, -0.15) is 0 Å². The van der Waals surface area contributed by atoms with Crippen molar-refractivity contribution in [1.29, 1.82) is 0 Å². The van der Waals surface area contributed by atoms with E-state index in [4.69, 9.17) is 9.41 Å². The Hall–Kier alpha value is -7.01. The highest BCUT2D eigenvalue weighted by Crippen LogP contribution is 2.43. The molecule has 9 aromatic carbocycles. The maximum Gasteiger partial charge on any atom is 0.143 e. The molecule has 0 aliphatic carbocycles. The van der Waals surface area contributed by atoms with Crippen molar-refractivity contribution in [1.82, 2.24) is 10.6 Å². The lowest BCUT2D eigenvalue weighted by Gasteiger charge is -2.32. The fraction of sp³-hybridized carbons (Fsp3) is 0.0392. The van der Waals surface area contributed by atoms with Gasteiger partial charge in [-0.25, -0.2) is 4.99 Å². The number of amidine groups is 1. The van der Waals surface area contributed by atoms with Crippen molar-refractivity contribution < 1.29 is 4.42 Å². The molecule has 0 spiro atoms. The van der Waals surface area contributed by atoms with Crippen LogP contribution >= 0.6 is 0 Å². The molecule has 0 amide bonds. The number of hydrogen-bond donors (Lipinski definition) is 2. The Morgan fingerprint density at radius 1 is 0.455 bits per heavy atom. The van der Waals surface area contributed by atoms with E-state index in [-0.39, 0.29) is 12.3 Å². The molecule has 0 radical (unpaired) electrons. The number of hydrogen-bond acceptors (Lipinski definition) is 4. The van der Waals surface area contributed by atoms with Gasteiger partial charge in [-0.15, -0.1) is 0 Å². The Balaban J connectivity index is 1.06. The van der Waals surface area contributed by atoms with Crippen LogP contribution in [0.5, 0.6) is 0 Å². The summed E-state index contributed by atoms with van der Waals surface area (Å²) < 4.78 is 6.91. The van der Waals surface area contributed by atoms with Gasteiger partial charge in [0.25, 0.3) is 0 Å². The second-order valence-electron chi connectivity index (χ2n) is 14.4. The van der Waals surface area contributed by atoms with Crippen molar-refractivity contribution in [2.24, 2.45) is 4.99 Å². The van der Waals surface area contributed by atoms with Crippen LogP contribution in [0, 0.1) is 0 Å². The standard InChI is InChI=1S/C51H35N3O/c1-2-13-36(14-3-1)49-52-50(37-22-18-34(19-23-37)40-24-20-32-10-4-6-15-38(32)30-40)54-51(53-49)44-28-27-43(41-25-21-33-11-5-7-16-39(33)31-41)48-47(44)46-42-17-9-8-12-35(42)26-29-45(46)55-48/h1-31,49,51,53H,(H,52,54). The molecule has 1 aliphatic heterocycles. The van der Waals surface area contributed by atoms with Gasteiger partial charge in [-0.3, -0.25) is 5.32 Å². The Labute approximate surface area is 318 Å². The maximum absolute atomic E-state index is 6.91. The number of nitrogens with one attached hydrogen (secondary N) is 2. The van der Waals surface area contributed by atoms with Gasteiger partial charge < -0.3 is 9.73 Å². The minimum absolute atomic E-state index is 0.271. The van der Waals surface area contributed by atoms with Gasteiger partial charge in [0.2, 0.25) is 0 Å². The lowest BCUT2D eigenvalue weighted by Crippen LogP contribution is -2.45. The van der Waals surface area contributed by atoms with Gasteiger partial charge in [-0.1, -0.05) is 170 Å². The van der Waals surface area contributed by atoms with Crippen molar-refractivity contribution in [2.45, 2.75) is 12.3 Å². The van der Waals surface area contributed by atoms with Crippen molar-refractivity contribution in [3.63, 3.8) is 0 Å². The number of aliphatic imine (C=N–C) groups is 1. The summed E-state index contributed by atoms with van der Waals surface area (Å²) in [6, 6.07) is 66.9. The quantitative estimate of drug-likeness (QED) is 0.187. The average molecular weight is 706 g/mol. The third-order valence-electron chi connectivity index (χ3n) is 11.1. The maximum atomic E-state index is 6.91. The van der Waals surface area contributed by atoms with Crippen LogP contribution in [0.25, 0.3) is 76.5 Å². The van der Waals surface area contributed by atoms with Crippen molar-refractivity contribution >= 4 is 60.1 Å². The van der Waals surface area contributed by atoms with Crippen molar-refractivity contribution in [2.75, 3.05) is 0 Å². The van der Waals surface area contributed by atoms with E-state index in [1.165, 1.54) is 43.4 Å². The Morgan fingerprint density at radius 2 is 1.05 bits per heavy atom. The van der Waals surface area contributed by atoms with Crippen LogP contribution in [0.4, 0.5) is 0 Å². The molecule has 10 aromatic rings. The molecule has 4 heteroatoms. The third kappa shape index (κ3) is 5.46. The molecule has 0 bridgehead atoms. The summed E-state index contributed by atoms with van der Waals surface area (Å²) in [4.78, 5) is 5.29. The van der Waals surface area contributed by atoms with E-state index in [1.54, 1.807) is 0 Å². The van der Waals surface area contributed by atoms with Crippen molar-refractivity contribution in [3.05, 3.63) is 205 Å². The molecule has 0 saturated heterocycles. The van der Waals surface area contributed by atoms with Crippen LogP contribution in [0.15, 0.2) is 197 Å². The number of furan rings is 1. The highest BCUT2D eigenvalue weighted by molar-refractivity contribution is 6.22. The van der Waals surface area contributed by atoms with E-state index in [2.05, 4.69) is 199 Å². The highest BCUT2D eigenvalue weighted by atomic mass is 16.3. The predicted molar refractivity (Wildman–Crippen MR) is 228 cm³/mol. The zero-order chi connectivity index (χ0) is 36.3. The minimum Gasteiger partial charge on any atom is -0.455 e. The molecule has 2 N–H and O–H groups in total. The van der Waals surface area contributed by atoms with Gasteiger partial charge in [0.1, 0.15) is 29.3 Å². The first kappa shape index (κ1) is 31.5. The third-order valence-corrected chi connectivity index (χ3v) is 11.1. The van der Waals surface area contributed by atoms with Gasteiger partial charge >= 0.3 is 0 Å². The summed E-state index contributed by atoms with van der Waals surface area (Å²) in [5.41, 5.74) is 9.54. The zero-order valence-electron chi connectivity index (χ0n) is 29.9. The molecule has 2 heterocycles. The first-order valence-electron chi connectivity index (χ1n) is 18.8. The van der Waals surface area contributed by atoms with E-state index in [9.17, 15) is 0 Å². The van der Waals surface area contributed by atoms with E-state index in [0.29, 0.717) is 0 Å². The van der Waals surface area contributed by atoms with Crippen molar-refractivity contribution in [3.8, 4) is 22.3 Å². The fourth-order valence-corrected chi connectivity index (χ4v) is 8.35. The summed E-state index contributed by atoms with van der Waals surface area (Å²) in [7, 11) is 0. The summed E-state index contributed by atoms with van der Waals surface area (Å²) in [5, 5.41) is 17.2. The summed E-state index contributed by atoms with van der Waals surface area (Å²) in [6.07, 6.45) is -0.543. The van der Waals surface area contributed by atoms with Crippen LogP contribution in [0.1, 0.15) is 29.0 Å². The summed E-state index contributed by atoms with van der Waals surface area (Å²) in [6.45, 7) is 0. The summed E-state index contributed by atoms with van der Waals surface area (Å²) >= 11 is 0. The largest absolute Gasteiger partial charge is 0.455 e. The van der Waals surface area contributed by atoms with E-state index in [1.807, 2.05) is 0 Å². The molecule has 0 saturated carbocycles. The summed E-state index contributed by atoms with van der Waals surface area (Å²) in [5.74, 6) is 0.840. The molecule has 1 aliphatic rings. The van der Waals surface area contributed by atoms with E-state index in [0.717, 1.165) is 55.6 Å². The van der Waals surface area contributed by atoms with Gasteiger partial charge in [0.15, 0.2) is 0 Å².